The fraction of sp³-hybridized carbons (Fsp3) is 0.778. The largest absolute Gasteiger partial charge is 0.472 e. The van der Waals surface area contributed by atoms with Crippen molar-refractivity contribution in [2.45, 2.75) is 210 Å². The zero-order valence-corrected chi connectivity index (χ0v) is 39.9. The molecule has 1 rings (SSSR count). The first kappa shape index (κ1) is 59.9. The predicted molar refractivity (Wildman–Crippen MR) is 243 cm³/mol. The van der Waals surface area contributed by atoms with Gasteiger partial charge in [0.15, 0.2) is 6.10 Å². The number of phosphoric acid groups is 2. The Morgan fingerprint density at radius 2 is 1.11 bits per heavy atom. The van der Waals surface area contributed by atoms with E-state index in [-0.39, 0.29) is 12.8 Å². The third-order valence-corrected chi connectivity index (χ3v) is 12.0. The molecule has 372 valence electrons. The second-order valence-electron chi connectivity index (χ2n) is 16.3. The highest BCUT2D eigenvalue weighted by molar-refractivity contribution is 7.47. The van der Waals surface area contributed by atoms with E-state index in [2.05, 4.69) is 24.4 Å². The van der Waals surface area contributed by atoms with Crippen LogP contribution < -0.4 is 0 Å². The molecule has 0 aliphatic heterocycles. The lowest BCUT2D eigenvalue weighted by Gasteiger charge is -2.43. The van der Waals surface area contributed by atoms with Crippen LogP contribution in [0.5, 0.6) is 0 Å². The van der Waals surface area contributed by atoms with Crippen LogP contribution >= 0.6 is 15.6 Å². The highest BCUT2D eigenvalue weighted by Gasteiger charge is 2.54. The highest BCUT2D eigenvalue weighted by atomic mass is 31.2. The molecule has 1 fully saturated rings. The normalized spacial score (nSPS) is 22.7. The molecular weight excluding hydrogens is 874 g/mol. The number of esters is 2. The summed E-state index contributed by atoms with van der Waals surface area (Å²) in [6, 6.07) is 0. The van der Waals surface area contributed by atoms with E-state index in [0.717, 1.165) is 38.5 Å². The summed E-state index contributed by atoms with van der Waals surface area (Å²) in [5.74, 6) is -1.31. The number of unbranched alkanes of at least 4 members (excludes halogenated alkanes) is 16. The maximum absolute atomic E-state index is 13.0. The number of aliphatic hydroxyl groups is 5. The molecule has 17 nitrogen and oxygen atoms in total. The van der Waals surface area contributed by atoms with Crippen molar-refractivity contribution in [3.63, 3.8) is 0 Å². The monoisotopic (exact) mass is 954 g/mol. The number of ether oxygens (including phenoxy) is 2. The van der Waals surface area contributed by atoms with E-state index in [1.807, 2.05) is 30.4 Å². The molecule has 0 bridgehead atoms. The molecule has 1 saturated carbocycles. The van der Waals surface area contributed by atoms with Crippen LogP contribution in [-0.4, -0.2) is 114 Å². The van der Waals surface area contributed by atoms with Crippen LogP contribution in [-0.2, 0) is 41.8 Å². The summed E-state index contributed by atoms with van der Waals surface area (Å²) >= 11 is 0. The fourth-order valence-corrected chi connectivity index (χ4v) is 8.35. The maximum Gasteiger partial charge on any atom is 0.472 e. The number of phosphoric ester groups is 2. The second kappa shape index (κ2) is 36.0. The molecule has 1 aliphatic rings. The van der Waals surface area contributed by atoms with Crippen LogP contribution in [0.3, 0.4) is 0 Å². The van der Waals surface area contributed by atoms with Crippen LogP contribution in [0.15, 0.2) is 48.6 Å². The summed E-state index contributed by atoms with van der Waals surface area (Å²) in [7, 11) is -10.7. The van der Waals surface area contributed by atoms with Gasteiger partial charge >= 0.3 is 27.6 Å². The lowest BCUT2D eigenvalue weighted by atomic mass is 9.85. The van der Waals surface area contributed by atoms with Gasteiger partial charge in [-0.25, -0.2) is 9.13 Å². The topological polar surface area (TPSA) is 276 Å². The molecule has 64 heavy (non-hydrogen) atoms. The van der Waals surface area contributed by atoms with Gasteiger partial charge in [0.25, 0.3) is 0 Å². The summed E-state index contributed by atoms with van der Waals surface area (Å²) in [5, 5.41) is 51.2. The molecule has 0 aromatic carbocycles. The van der Waals surface area contributed by atoms with Gasteiger partial charge in [0.05, 0.1) is 12.7 Å². The smallest absolute Gasteiger partial charge is 0.462 e. The Balaban J connectivity index is 2.67. The minimum absolute atomic E-state index is 0.0133. The van der Waals surface area contributed by atoms with E-state index >= 15 is 0 Å². The first-order valence-corrected chi connectivity index (χ1v) is 26.3. The Morgan fingerprint density at radius 1 is 0.578 bits per heavy atom. The Morgan fingerprint density at radius 3 is 1.72 bits per heavy atom. The molecule has 0 amide bonds. The summed E-state index contributed by atoms with van der Waals surface area (Å²) in [4.78, 5) is 54.2. The van der Waals surface area contributed by atoms with Crippen molar-refractivity contribution in [3.8, 4) is 0 Å². The van der Waals surface area contributed by atoms with Crippen molar-refractivity contribution in [1.29, 1.82) is 0 Å². The maximum atomic E-state index is 13.0. The molecule has 0 saturated heterocycles. The van der Waals surface area contributed by atoms with E-state index < -0.39 is 89.6 Å². The van der Waals surface area contributed by atoms with Gasteiger partial charge in [-0.3, -0.25) is 23.2 Å². The Kier molecular flexibility index (Phi) is 33.7. The minimum Gasteiger partial charge on any atom is -0.462 e. The Labute approximate surface area is 380 Å². The molecule has 0 aromatic rings. The number of allylic oxidation sites excluding steroid dienone is 6. The van der Waals surface area contributed by atoms with Crippen LogP contribution in [0.1, 0.15) is 162 Å². The van der Waals surface area contributed by atoms with Crippen LogP contribution in [0.4, 0.5) is 0 Å². The summed E-state index contributed by atoms with van der Waals surface area (Å²) in [6.45, 7) is 2.95. The third-order valence-electron chi connectivity index (χ3n) is 10.5. The molecule has 0 radical (unpaired) electrons. The second-order valence-corrected chi connectivity index (χ2v) is 18.9. The Hall–Kier alpha value is -2.08. The fourth-order valence-electron chi connectivity index (χ4n) is 6.81. The minimum atomic E-state index is -5.37. The number of carbonyl (C=O) groups is 2. The number of hydrogen-bond acceptors (Lipinski definition) is 14. The molecular formula is C45H80O17P2. The van der Waals surface area contributed by atoms with Crippen molar-refractivity contribution in [1.82, 2.24) is 0 Å². The van der Waals surface area contributed by atoms with E-state index in [9.17, 15) is 49.1 Å². The average molecular weight is 955 g/mol. The van der Waals surface area contributed by atoms with E-state index in [1.54, 1.807) is 12.2 Å². The van der Waals surface area contributed by atoms with Crippen molar-refractivity contribution in [3.05, 3.63) is 48.6 Å². The molecule has 19 heteroatoms. The number of aliphatic hydroxyl groups excluding tert-OH is 5. The quantitative estimate of drug-likeness (QED) is 0.00979. The van der Waals surface area contributed by atoms with Gasteiger partial charge < -0.3 is 49.7 Å². The van der Waals surface area contributed by atoms with Gasteiger partial charge in [-0.2, -0.15) is 0 Å². The van der Waals surface area contributed by atoms with Crippen LogP contribution in [0.25, 0.3) is 0 Å². The summed E-state index contributed by atoms with van der Waals surface area (Å²) in [5.41, 5.74) is 0. The molecule has 1 aliphatic carbocycles. The summed E-state index contributed by atoms with van der Waals surface area (Å²) in [6.07, 6.45) is 21.0. The number of carbonyl (C=O) groups excluding carboxylic acids is 2. The molecule has 9 atom stereocenters. The number of hydrogen-bond donors (Lipinski definition) is 8. The van der Waals surface area contributed by atoms with Crippen molar-refractivity contribution in [2.75, 3.05) is 13.2 Å². The third kappa shape index (κ3) is 30.3. The van der Waals surface area contributed by atoms with Gasteiger partial charge in [0, 0.05) is 12.8 Å². The molecule has 5 unspecified atom stereocenters. The van der Waals surface area contributed by atoms with Crippen molar-refractivity contribution < 1.29 is 82.0 Å². The summed E-state index contributed by atoms with van der Waals surface area (Å²) < 4.78 is 49.2. The van der Waals surface area contributed by atoms with Gasteiger partial charge in [-0.15, -0.1) is 0 Å². The van der Waals surface area contributed by atoms with Crippen LogP contribution in [0.2, 0.25) is 0 Å². The number of rotatable bonds is 38. The van der Waals surface area contributed by atoms with E-state index in [0.29, 0.717) is 32.1 Å². The van der Waals surface area contributed by atoms with Gasteiger partial charge in [-0.1, -0.05) is 152 Å². The lowest BCUT2D eigenvalue weighted by Crippen LogP contribution is -2.64. The van der Waals surface area contributed by atoms with Gasteiger partial charge in [0.2, 0.25) is 0 Å². The SMILES string of the molecule is CCCCC/C=C\C[C@@H](O)/C=C/C=C\C/C=C\CCCC(=O)OC[C@H](COP(=O)(O)O[C@H]1C(O)C(O)C(O)[C@@H](OP(=O)(O)O)C1O)OC(=O)CCCCCCCCCCCCCCC. The first-order valence-electron chi connectivity index (χ1n) is 23.3. The van der Waals surface area contributed by atoms with Crippen molar-refractivity contribution >= 4 is 27.6 Å². The van der Waals surface area contributed by atoms with E-state index in [4.69, 9.17) is 28.3 Å². The molecule has 0 spiro atoms. The van der Waals surface area contributed by atoms with Crippen molar-refractivity contribution in [2.24, 2.45) is 0 Å². The average Bonchev–Trinajstić information content (AvgIpc) is 3.24. The lowest BCUT2D eigenvalue weighted by molar-refractivity contribution is -0.216. The van der Waals surface area contributed by atoms with Gasteiger partial charge in [0.1, 0.15) is 43.2 Å². The molecule has 0 aromatic heterocycles. The van der Waals surface area contributed by atoms with E-state index in [1.165, 1.54) is 64.2 Å². The zero-order chi connectivity index (χ0) is 47.6. The first-order chi connectivity index (χ1) is 30.5. The highest BCUT2D eigenvalue weighted by Crippen LogP contribution is 2.49. The molecule has 8 N–H and O–H groups in total. The van der Waals surface area contributed by atoms with Crippen LogP contribution in [0, 0.1) is 0 Å². The predicted octanol–water partition coefficient (Wildman–Crippen LogP) is 7.48. The molecule has 0 heterocycles. The Bertz CT molecular complexity index is 1450. The zero-order valence-electron chi connectivity index (χ0n) is 38.1. The standard InChI is InChI=1S/C45H80O17P2/c1-3-5-7-9-11-12-13-14-15-16-21-25-29-33-39(48)60-37(35-59-64(56,57)62-45-42(51)40(49)41(50)44(43(45)52)61-63(53,54)55)34-58-38(47)32-28-24-20-18-17-19-23-27-31-36(46)30-26-22-10-8-6-4-2/h18-20,22-23,26-27,31,36-37,40-46,49-52H,3-17,21,24-25,28-30,32-35H2,1-2H3,(H,56,57)(H2,53,54,55)/b20-18-,23-19-,26-22-,31-27+/t36-,37-,40?,41?,42?,43?,44-,45+/m1/s1. The van der Waals surface area contributed by atoms with Gasteiger partial charge in [-0.05, 0) is 44.9 Å².